The zero-order valence-corrected chi connectivity index (χ0v) is 16.9. The van der Waals surface area contributed by atoms with Crippen LogP contribution < -0.4 is 5.30 Å². The van der Waals surface area contributed by atoms with E-state index in [4.69, 9.17) is 18.8 Å². The molecule has 1 aromatic rings. The molecule has 1 aromatic carbocycles. The third kappa shape index (κ3) is 4.07. The highest BCUT2D eigenvalue weighted by atomic mass is 31.2. The molecular formula is C19H29O4P. The van der Waals surface area contributed by atoms with Gasteiger partial charge >= 0.3 is 0 Å². The lowest BCUT2D eigenvalue weighted by molar-refractivity contribution is -0.289. The lowest BCUT2D eigenvalue weighted by Crippen LogP contribution is -2.41. The topological polar surface area (TPSA) is 36.9 Å². The Morgan fingerprint density at radius 2 is 1.54 bits per heavy atom. The molecule has 1 heterocycles. The van der Waals surface area contributed by atoms with E-state index in [1.54, 1.807) is 0 Å². The van der Waals surface area contributed by atoms with E-state index in [0.29, 0.717) is 0 Å². The molecule has 0 aliphatic carbocycles. The zero-order valence-electron chi connectivity index (χ0n) is 16.0. The molecule has 0 N–H and O–H groups in total. The Kier molecular flexibility index (Phi) is 5.89. The van der Waals surface area contributed by atoms with Crippen LogP contribution in [0.5, 0.6) is 0 Å². The fraction of sp³-hybridized carbons (Fsp3) is 0.579. The van der Waals surface area contributed by atoms with Gasteiger partial charge in [-0.15, -0.1) is 0 Å². The molecule has 1 unspecified atom stereocenters. The van der Waals surface area contributed by atoms with Gasteiger partial charge < -0.3 is 9.05 Å². The van der Waals surface area contributed by atoms with Crippen LogP contribution in [-0.2, 0) is 18.8 Å². The molecule has 2 rings (SSSR count). The molecule has 0 saturated carbocycles. The van der Waals surface area contributed by atoms with E-state index >= 15 is 0 Å². The van der Waals surface area contributed by atoms with Gasteiger partial charge in [-0.1, -0.05) is 12.2 Å². The summed E-state index contributed by atoms with van der Waals surface area (Å²) < 4.78 is 12.4. The summed E-state index contributed by atoms with van der Waals surface area (Å²) in [4.78, 5) is 9.77. The second kappa shape index (κ2) is 7.23. The van der Waals surface area contributed by atoms with Gasteiger partial charge in [-0.25, -0.2) is 9.78 Å². The van der Waals surface area contributed by atoms with Crippen LogP contribution in [0.1, 0.15) is 51.3 Å². The summed E-state index contributed by atoms with van der Waals surface area (Å²) in [7, 11) is 0.459. The minimum absolute atomic E-state index is 0.0963. The van der Waals surface area contributed by atoms with E-state index in [2.05, 4.69) is 59.8 Å². The number of aryl methyl sites for hydroxylation is 2. The Morgan fingerprint density at radius 3 is 2.00 bits per heavy atom. The maximum Gasteiger partial charge on any atom is 0.206 e. The van der Waals surface area contributed by atoms with Crippen LogP contribution in [0.2, 0.25) is 0 Å². The fourth-order valence-electron chi connectivity index (χ4n) is 2.49. The molecule has 0 amide bonds. The van der Waals surface area contributed by atoms with Gasteiger partial charge in [-0.05, 0) is 77.3 Å². The lowest BCUT2D eigenvalue weighted by Gasteiger charge is -2.29. The molecule has 1 fully saturated rings. The van der Waals surface area contributed by atoms with Crippen molar-refractivity contribution in [2.24, 2.45) is 0 Å². The van der Waals surface area contributed by atoms with E-state index in [1.165, 1.54) is 23.8 Å². The van der Waals surface area contributed by atoms with Crippen LogP contribution in [0, 0.1) is 13.8 Å². The first-order chi connectivity index (χ1) is 11.1. The van der Waals surface area contributed by atoms with Gasteiger partial charge in [0.1, 0.15) is 6.10 Å². The van der Waals surface area contributed by atoms with Crippen molar-refractivity contribution in [3.63, 3.8) is 0 Å². The number of hydrogen-bond donors (Lipinski definition) is 0. The van der Waals surface area contributed by atoms with Crippen molar-refractivity contribution in [1.29, 1.82) is 0 Å². The van der Waals surface area contributed by atoms with Gasteiger partial charge in [-0.3, -0.25) is 0 Å². The predicted molar refractivity (Wildman–Crippen MR) is 99.4 cm³/mol. The molecule has 0 bridgehead atoms. The van der Waals surface area contributed by atoms with Crippen molar-refractivity contribution in [2.45, 2.75) is 65.8 Å². The molecule has 1 aliphatic rings. The summed E-state index contributed by atoms with van der Waals surface area (Å²) >= 11 is 0. The molecule has 0 radical (unpaired) electrons. The predicted octanol–water partition coefficient (Wildman–Crippen LogP) is 4.82. The van der Waals surface area contributed by atoms with Gasteiger partial charge in [-0.2, -0.15) is 0 Å². The molecule has 4 nitrogen and oxygen atoms in total. The van der Waals surface area contributed by atoms with Crippen molar-refractivity contribution in [2.75, 3.05) is 7.11 Å². The minimum atomic E-state index is -1.06. The summed E-state index contributed by atoms with van der Waals surface area (Å²) in [6.07, 6.45) is 3.97. The normalized spacial score (nSPS) is 21.5. The van der Waals surface area contributed by atoms with E-state index in [1.807, 2.05) is 13.0 Å². The first kappa shape index (κ1) is 19.6. The lowest BCUT2D eigenvalue weighted by atomic mass is 9.90. The SMILES string of the molecule is COOC(C)/C=C/c1c(C)cc(P2OC(C)(C)C(C)(C)O2)cc1C. The fourth-order valence-corrected chi connectivity index (χ4v) is 4.61. The molecule has 0 aromatic heterocycles. The third-order valence-electron chi connectivity index (χ3n) is 4.64. The number of hydrogen-bond acceptors (Lipinski definition) is 4. The number of rotatable bonds is 5. The summed E-state index contributed by atoms with van der Waals surface area (Å²) in [6.45, 7) is 14.5. The maximum atomic E-state index is 6.22. The van der Waals surface area contributed by atoms with E-state index < -0.39 is 8.38 Å². The van der Waals surface area contributed by atoms with Gasteiger partial charge in [0.25, 0.3) is 0 Å². The average Bonchev–Trinajstić information content (AvgIpc) is 2.66. The Balaban J connectivity index is 2.25. The molecule has 1 aliphatic heterocycles. The molecular weight excluding hydrogens is 323 g/mol. The van der Waals surface area contributed by atoms with E-state index in [9.17, 15) is 0 Å². The summed E-state index contributed by atoms with van der Waals surface area (Å²) in [5.74, 6) is 0. The Bertz CT molecular complexity index is 583. The zero-order chi connectivity index (χ0) is 18.1. The summed E-state index contributed by atoms with van der Waals surface area (Å²) in [5, 5.41) is 1.12. The number of benzene rings is 1. The van der Waals surface area contributed by atoms with Crippen molar-refractivity contribution < 1.29 is 18.8 Å². The first-order valence-electron chi connectivity index (χ1n) is 8.25. The summed E-state index contributed by atoms with van der Waals surface area (Å²) in [6, 6.07) is 4.33. The van der Waals surface area contributed by atoms with Gasteiger partial charge in [0.05, 0.1) is 18.3 Å². The van der Waals surface area contributed by atoms with Crippen LogP contribution in [0.25, 0.3) is 6.08 Å². The molecule has 24 heavy (non-hydrogen) atoms. The highest BCUT2D eigenvalue weighted by Gasteiger charge is 2.50. The summed E-state index contributed by atoms with van der Waals surface area (Å²) in [5.41, 5.74) is 2.99. The Hall–Kier alpha value is -0.770. The standard InChI is InChI=1S/C19H29O4P/c1-13-11-16(24-22-18(4,5)19(6,7)23-24)12-14(2)17(13)10-9-15(3)21-20-8/h9-12,15H,1-8H3/b10-9+. The van der Waals surface area contributed by atoms with Gasteiger partial charge in [0.15, 0.2) is 0 Å². The first-order valence-corrected chi connectivity index (χ1v) is 9.42. The second-order valence-corrected chi connectivity index (χ2v) is 8.68. The minimum Gasteiger partial charge on any atom is -0.321 e. The van der Waals surface area contributed by atoms with Crippen LogP contribution in [-0.4, -0.2) is 24.4 Å². The van der Waals surface area contributed by atoms with Crippen LogP contribution in [0.3, 0.4) is 0 Å². The van der Waals surface area contributed by atoms with Gasteiger partial charge in [0.2, 0.25) is 8.38 Å². The largest absolute Gasteiger partial charge is 0.321 e. The third-order valence-corrected chi connectivity index (χ3v) is 6.57. The molecule has 1 saturated heterocycles. The van der Waals surface area contributed by atoms with Crippen molar-refractivity contribution in [3.8, 4) is 0 Å². The molecule has 5 heteroatoms. The average molecular weight is 352 g/mol. The van der Waals surface area contributed by atoms with Crippen LogP contribution >= 0.6 is 8.38 Å². The molecule has 134 valence electrons. The van der Waals surface area contributed by atoms with E-state index in [0.717, 1.165) is 5.30 Å². The Labute approximate surface area is 147 Å². The quantitative estimate of drug-likeness (QED) is 0.432. The Morgan fingerprint density at radius 1 is 1.04 bits per heavy atom. The van der Waals surface area contributed by atoms with Crippen molar-refractivity contribution >= 4 is 19.8 Å². The highest BCUT2D eigenvalue weighted by Crippen LogP contribution is 2.57. The smallest absolute Gasteiger partial charge is 0.206 e. The van der Waals surface area contributed by atoms with E-state index in [-0.39, 0.29) is 17.3 Å². The molecule has 0 spiro atoms. The van der Waals surface area contributed by atoms with Crippen molar-refractivity contribution in [1.82, 2.24) is 0 Å². The van der Waals surface area contributed by atoms with Crippen LogP contribution in [0.4, 0.5) is 0 Å². The molecule has 1 atom stereocenters. The van der Waals surface area contributed by atoms with Crippen LogP contribution in [0.15, 0.2) is 18.2 Å². The van der Waals surface area contributed by atoms with Crippen molar-refractivity contribution in [3.05, 3.63) is 34.9 Å². The monoisotopic (exact) mass is 352 g/mol. The second-order valence-electron chi connectivity index (χ2n) is 7.28. The highest BCUT2D eigenvalue weighted by molar-refractivity contribution is 7.56. The maximum absolute atomic E-state index is 6.22. The van der Waals surface area contributed by atoms with Gasteiger partial charge in [0, 0.05) is 5.30 Å².